The van der Waals surface area contributed by atoms with Crippen LogP contribution in [0.25, 0.3) is 0 Å². The molecule has 1 aromatic carbocycles. The van der Waals surface area contributed by atoms with Crippen LogP contribution in [0.2, 0.25) is 0 Å². The second kappa shape index (κ2) is 9.35. The first kappa shape index (κ1) is 19.9. The molecule has 1 atom stereocenters. The molecule has 138 valence electrons. The van der Waals surface area contributed by atoms with Crippen molar-refractivity contribution in [3.8, 4) is 0 Å². The van der Waals surface area contributed by atoms with Crippen molar-refractivity contribution >= 4 is 24.1 Å². The zero-order chi connectivity index (χ0) is 16.9. The van der Waals surface area contributed by atoms with E-state index < -0.39 is 0 Å². The number of carbonyl (C=O) groups excluding carboxylic acids is 2. The van der Waals surface area contributed by atoms with Gasteiger partial charge in [-0.3, -0.25) is 9.59 Å². The van der Waals surface area contributed by atoms with Crippen LogP contribution in [0.15, 0.2) is 18.2 Å². The van der Waals surface area contributed by atoms with E-state index >= 15 is 0 Å². The lowest BCUT2D eigenvalue weighted by molar-refractivity contribution is -0.132. The number of hydrogen-bond donors (Lipinski definition) is 1. The number of ketones is 1. The van der Waals surface area contributed by atoms with E-state index in [9.17, 15) is 9.59 Å². The van der Waals surface area contributed by atoms with Crippen LogP contribution in [0.4, 0.5) is 0 Å². The summed E-state index contributed by atoms with van der Waals surface area (Å²) in [6.07, 6.45) is 7.47. The predicted octanol–water partition coefficient (Wildman–Crippen LogP) is 3.16. The molecule has 1 saturated heterocycles. The van der Waals surface area contributed by atoms with Crippen molar-refractivity contribution in [1.29, 1.82) is 0 Å². The fourth-order valence-electron chi connectivity index (χ4n) is 3.87. The van der Waals surface area contributed by atoms with Crippen molar-refractivity contribution < 1.29 is 9.59 Å². The minimum absolute atomic E-state index is 0. The lowest BCUT2D eigenvalue weighted by Crippen LogP contribution is -2.47. The van der Waals surface area contributed by atoms with E-state index in [0.29, 0.717) is 18.9 Å². The summed E-state index contributed by atoms with van der Waals surface area (Å²) < 4.78 is 0. The Morgan fingerprint density at radius 2 is 1.88 bits per heavy atom. The van der Waals surface area contributed by atoms with Gasteiger partial charge >= 0.3 is 0 Å². The molecule has 1 aliphatic carbocycles. The maximum atomic E-state index is 12.5. The van der Waals surface area contributed by atoms with E-state index in [0.717, 1.165) is 44.3 Å². The molecule has 0 aromatic heterocycles. The number of nitrogens with one attached hydrogen (secondary N) is 1. The Kier molecular flexibility index (Phi) is 7.45. The molecular formula is C20H29ClN2O2. The monoisotopic (exact) mass is 364 g/mol. The van der Waals surface area contributed by atoms with Gasteiger partial charge in [0.15, 0.2) is 5.78 Å². The number of nitrogens with zero attached hydrogens (tertiary/aromatic N) is 1. The van der Waals surface area contributed by atoms with Crippen molar-refractivity contribution in [2.75, 3.05) is 20.1 Å². The van der Waals surface area contributed by atoms with Crippen molar-refractivity contribution in [3.05, 3.63) is 34.9 Å². The van der Waals surface area contributed by atoms with Gasteiger partial charge < -0.3 is 10.2 Å². The van der Waals surface area contributed by atoms with Crippen molar-refractivity contribution in [1.82, 2.24) is 10.2 Å². The van der Waals surface area contributed by atoms with Gasteiger partial charge in [-0.15, -0.1) is 12.4 Å². The fourth-order valence-corrected chi connectivity index (χ4v) is 3.87. The summed E-state index contributed by atoms with van der Waals surface area (Å²) in [5.74, 6) is 0.208. The number of carbonyl (C=O) groups is 2. The molecule has 0 spiro atoms. The molecule has 1 amide bonds. The predicted molar refractivity (Wildman–Crippen MR) is 103 cm³/mol. The molecule has 2 aliphatic rings. The second-order valence-corrected chi connectivity index (χ2v) is 7.08. The molecule has 1 unspecified atom stereocenters. The Morgan fingerprint density at radius 3 is 2.64 bits per heavy atom. The molecule has 4 nitrogen and oxygen atoms in total. The zero-order valence-corrected chi connectivity index (χ0v) is 15.9. The van der Waals surface area contributed by atoms with Crippen LogP contribution in [0.1, 0.15) is 60.0 Å². The van der Waals surface area contributed by atoms with Gasteiger partial charge in [0, 0.05) is 37.5 Å². The Morgan fingerprint density at radius 1 is 1.12 bits per heavy atom. The third-order valence-electron chi connectivity index (χ3n) is 5.42. The van der Waals surface area contributed by atoms with E-state index in [2.05, 4.69) is 17.4 Å². The van der Waals surface area contributed by atoms with Crippen molar-refractivity contribution in [2.45, 2.75) is 57.4 Å². The summed E-state index contributed by atoms with van der Waals surface area (Å²) in [5, 5.41) is 3.25. The third kappa shape index (κ3) is 5.05. The Balaban J connectivity index is 0.00000225. The van der Waals surface area contributed by atoms with Crippen LogP contribution in [0.3, 0.4) is 0 Å². The minimum Gasteiger partial charge on any atom is -0.341 e. The van der Waals surface area contributed by atoms with Gasteiger partial charge in [0.05, 0.1) is 0 Å². The van der Waals surface area contributed by atoms with Crippen LogP contribution in [-0.2, 0) is 17.6 Å². The minimum atomic E-state index is 0. The second-order valence-electron chi connectivity index (χ2n) is 7.08. The molecule has 0 saturated carbocycles. The normalized spacial score (nSPS) is 19.7. The first-order valence-corrected chi connectivity index (χ1v) is 9.27. The van der Waals surface area contributed by atoms with E-state index in [1.807, 2.05) is 18.0 Å². The summed E-state index contributed by atoms with van der Waals surface area (Å²) >= 11 is 0. The number of aryl methyl sites for hydroxylation is 2. The largest absolute Gasteiger partial charge is 0.341 e. The highest BCUT2D eigenvalue weighted by Crippen LogP contribution is 2.23. The summed E-state index contributed by atoms with van der Waals surface area (Å²) in [6, 6.07) is 6.49. The molecule has 1 fully saturated rings. The Labute approximate surface area is 156 Å². The highest BCUT2D eigenvalue weighted by molar-refractivity contribution is 5.98. The number of fused-ring (bicyclic) bond motifs is 1. The maximum absolute atomic E-state index is 12.5. The molecule has 1 N–H and O–H groups in total. The first-order valence-electron chi connectivity index (χ1n) is 9.27. The topological polar surface area (TPSA) is 49.4 Å². The summed E-state index contributed by atoms with van der Waals surface area (Å²) in [5.41, 5.74) is 3.49. The lowest BCUT2D eigenvalue weighted by atomic mass is 9.89. The highest BCUT2D eigenvalue weighted by atomic mass is 35.5. The average molecular weight is 365 g/mol. The van der Waals surface area contributed by atoms with E-state index in [1.54, 1.807) is 0 Å². The van der Waals surface area contributed by atoms with Crippen LogP contribution in [0.5, 0.6) is 0 Å². The van der Waals surface area contributed by atoms with Crippen LogP contribution in [0, 0.1) is 0 Å². The molecule has 5 heteroatoms. The number of likely N-dealkylation sites (N-methyl/N-ethyl adjacent to an activating group) is 1. The van der Waals surface area contributed by atoms with Crippen molar-refractivity contribution in [2.24, 2.45) is 0 Å². The summed E-state index contributed by atoms with van der Waals surface area (Å²) in [7, 11) is 1.94. The van der Waals surface area contributed by atoms with Gasteiger partial charge in [-0.1, -0.05) is 12.1 Å². The molecule has 1 aliphatic heterocycles. The SMILES string of the molecule is CNC1CCCN(C(=O)CCC(=O)c2ccc3c(c2)CCCC3)C1.Cl. The zero-order valence-electron chi connectivity index (χ0n) is 15.1. The molecular weight excluding hydrogens is 336 g/mol. The van der Waals surface area contributed by atoms with Crippen LogP contribution in [-0.4, -0.2) is 42.8 Å². The standard InChI is InChI=1S/C20H28N2O2.ClH/c1-21-18-7-4-12-22(14-18)20(24)11-10-19(23)17-9-8-15-5-2-3-6-16(15)13-17;/h8-9,13,18,21H,2-7,10-12,14H2,1H3;1H. The van der Waals surface area contributed by atoms with Gasteiger partial charge in [0.25, 0.3) is 0 Å². The summed E-state index contributed by atoms with van der Waals surface area (Å²) in [4.78, 5) is 26.7. The maximum Gasteiger partial charge on any atom is 0.223 e. The molecule has 25 heavy (non-hydrogen) atoms. The number of halogens is 1. The van der Waals surface area contributed by atoms with Gasteiger partial charge in [-0.05, 0) is 62.8 Å². The van der Waals surface area contributed by atoms with Gasteiger partial charge in [0.2, 0.25) is 5.91 Å². The molecule has 3 rings (SSSR count). The number of hydrogen-bond acceptors (Lipinski definition) is 3. The number of likely N-dealkylation sites (tertiary alicyclic amines) is 1. The number of benzene rings is 1. The van der Waals surface area contributed by atoms with Crippen molar-refractivity contribution in [3.63, 3.8) is 0 Å². The highest BCUT2D eigenvalue weighted by Gasteiger charge is 2.23. The smallest absolute Gasteiger partial charge is 0.223 e. The molecule has 0 bridgehead atoms. The average Bonchev–Trinajstić information content (AvgIpc) is 2.65. The molecule has 0 radical (unpaired) electrons. The Bertz CT molecular complexity index is 618. The number of amides is 1. The third-order valence-corrected chi connectivity index (χ3v) is 5.42. The van der Waals surface area contributed by atoms with E-state index in [-0.39, 0.29) is 24.1 Å². The van der Waals surface area contributed by atoms with E-state index in [4.69, 9.17) is 0 Å². The molecule has 1 aromatic rings. The van der Waals surface area contributed by atoms with Gasteiger partial charge in [-0.2, -0.15) is 0 Å². The first-order chi connectivity index (χ1) is 11.7. The number of piperidine rings is 1. The lowest BCUT2D eigenvalue weighted by Gasteiger charge is -2.32. The van der Waals surface area contributed by atoms with E-state index in [1.165, 1.54) is 24.0 Å². The summed E-state index contributed by atoms with van der Waals surface area (Å²) in [6.45, 7) is 1.59. The van der Waals surface area contributed by atoms with Crippen LogP contribution >= 0.6 is 12.4 Å². The fraction of sp³-hybridized carbons (Fsp3) is 0.600. The van der Waals surface area contributed by atoms with Gasteiger partial charge in [0.1, 0.15) is 0 Å². The number of Topliss-reactive ketones (excluding diaryl/α,β-unsaturated/α-hetero) is 1. The van der Waals surface area contributed by atoms with Crippen LogP contribution < -0.4 is 5.32 Å². The molecule has 1 heterocycles. The number of rotatable bonds is 5. The Hall–Kier alpha value is -1.39. The van der Waals surface area contributed by atoms with Gasteiger partial charge in [-0.25, -0.2) is 0 Å². The quantitative estimate of drug-likeness (QED) is 0.816.